The van der Waals surface area contributed by atoms with Crippen LogP contribution in [0.1, 0.15) is 142 Å². The molecule has 0 aromatic heterocycles. The minimum Gasteiger partial charge on any atom is -0.479 e. The van der Waals surface area contributed by atoms with E-state index in [9.17, 15) is 4.79 Å². The van der Waals surface area contributed by atoms with Crippen molar-refractivity contribution in [2.45, 2.75) is 148 Å². The quantitative estimate of drug-likeness (QED) is 0.167. The Kier molecular flexibility index (Phi) is 28.8. The second-order valence-corrected chi connectivity index (χ2v) is 9.54. The van der Waals surface area contributed by atoms with Gasteiger partial charge in [-0.05, 0) is 34.0 Å². The highest BCUT2D eigenvalue weighted by atomic mass is 16.4. The zero-order valence-corrected chi connectivity index (χ0v) is 21.7. The standard InChI is InChI=1S/C24H51N.C3H6O3/c1-4-5-6-7-8-9-10-11-12-13-14-15-16-17-18-19-20-21-22-23-24-25(2)3;1-2(4)3(5)6/h4-24H2,1-3H3;2,4H,1H3,(H,5,6). The lowest BCUT2D eigenvalue weighted by atomic mass is 10.0. The molecule has 0 aliphatic carbocycles. The monoisotopic (exact) mass is 443 g/mol. The van der Waals surface area contributed by atoms with Gasteiger partial charge >= 0.3 is 5.97 Å². The van der Waals surface area contributed by atoms with Crippen LogP contribution in [0.25, 0.3) is 0 Å². The number of nitrogens with zero attached hydrogens (tertiary/aromatic N) is 1. The normalized spacial score (nSPS) is 11.9. The maximum atomic E-state index is 9.45. The van der Waals surface area contributed by atoms with E-state index in [1.165, 1.54) is 142 Å². The summed E-state index contributed by atoms with van der Waals surface area (Å²) in [5.74, 6) is -1.19. The molecule has 0 heterocycles. The van der Waals surface area contributed by atoms with Crippen LogP contribution in [-0.2, 0) is 4.79 Å². The van der Waals surface area contributed by atoms with Crippen molar-refractivity contribution < 1.29 is 15.0 Å². The highest BCUT2D eigenvalue weighted by Gasteiger charge is 2.01. The Bertz CT molecular complexity index is 345. The largest absolute Gasteiger partial charge is 0.479 e. The summed E-state index contributed by atoms with van der Waals surface area (Å²) >= 11 is 0. The maximum absolute atomic E-state index is 9.45. The lowest BCUT2D eigenvalue weighted by molar-refractivity contribution is -0.145. The van der Waals surface area contributed by atoms with E-state index in [4.69, 9.17) is 10.2 Å². The van der Waals surface area contributed by atoms with Gasteiger partial charge in [0.25, 0.3) is 0 Å². The number of hydrogen-bond acceptors (Lipinski definition) is 3. The van der Waals surface area contributed by atoms with Crippen LogP contribution in [0.3, 0.4) is 0 Å². The smallest absolute Gasteiger partial charge is 0.332 e. The summed E-state index contributed by atoms with van der Waals surface area (Å²) in [6, 6.07) is 0. The fourth-order valence-electron chi connectivity index (χ4n) is 3.68. The third-order valence-corrected chi connectivity index (χ3v) is 5.82. The third kappa shape index (κ3) is 34.2. The van der Waals surface area contributed by atoms with Gasteiger partial charge in [-0.1, -0.05) is 129 Å². The Hall–Kier alpha value is -0.610. The van der Waals surface area contributed by atoms with E-state index in [1.807, 2.05) is 0 Å². The molecule has 0 radical (unpaired) electrons. The first kappa shape index (κ1) is 32.6. The molecule has 1 atom stereocenters. The van der Waals surface area contributed by atoms with Crippen LogP contribution in [0.4, 0.5) is 0 Å². The zero-order chi connectivity index (χ0) is 23.6. The summed E-state index contributed by atoms with van der Waals surface area (Å²) in [5.41, 5.74) is 0. The van der Waals surface area contributed by atoms with Gasteiger partial charge in [0.05, 0.1) is 0 Å². The molecular weight excluding hydrogens is 386 g/mol. The van der Waals surface area contributed by atoms with Crippen LogP contribution < -0.4 is 0 Å². The molecule has 0 fully saturated rings. The number of rotatable bonds is 22. The van der Waals surface area contributed by atoms with Crippen molar-refractivity contribution in [3.05, 3.63) is 0 Å². The molecule has 4 heteroatoms. The van der Waals surface area contributed by atoms with E-state index in [0.717, 1.165) is 0 Å². The molecule has 2 N–H and O–H groups in total. The predicted molar refractivity (Wildman–Crippen MR) is 136 cm³/mol. The first-order valence-electron chi connectivity index (χ1n) is 13.5. The molecular formula is C27H57NO3. The number of carboxylic acids is 1. The van der Waals surface area contributed by atoms with Gasteiger partial charge in [-0.2, -0.15) is 0 Å². The maximum Gasteiger partial charge on any atom is 0.332 e. The highest BCUT2D eigenvalue weighted by Crippen LogP contribution is 2.14. The average Bonchev–Trinajstić information content (AvgIpc) is 2.72. The summed E-state index contributed by atoms with van der Waals surface area (Å²) in [6.45, 7) is 4.76. The molecule has 188 valence electrons. The Morgan fingerprint density at radius 1 is 0.613 bits per heavy atom. The van der Waals surface area contributed by atoms with Gasteiger partial charge in [-0.3, -0.25) is 0 Å². The molecule has 0 aliphatic rings. The van der Waals surface area contributed by atoms with E-state index in [-0.39, 0.29) is 0 Å². The number of unbranched alkanes of at least 4 members (excludes halogenated alkanes) is 19. The Morgan fingerprint density at radius 2 is 0.839 bits per heavy atom. The Balaban J connectivity index is 0. The van der Waals surface area contributed by atoms with Crippen LogP contribution in [0.2, 0.25) is 0 Å². The summed E-state index contributed by atoms with van der Waals surface area (Å²) < 4.78 is 0. The van der Waals surface area contributed by atoms with Crippen molar-refractivity contribution in [2.75, 3.05) is 20.6 Å². The summed E-state index contributed by atoms with van der Waals surface area (Å²) in [5, 5.41) is 15.8. The van der Waals surface area contributed by atoms with E-state index in [0.29, 0.717) is 0 Å². The van der Waals surface area contributed by atoms with E-state index < -0.39 is 12.1 Å². The number of aliphatic hydroxyl groups excluding tert-OH is 1. The molecule has 0 aromatic rings. The molecule has 0 amide bonds. The van der Waals surface area contributed by atoms with Crippen LogP contribution >= 0.6 is 0 Å². The number of aliphatic hydroxyl groups is 1. The number of hydrogen-bond donors (Lipinski definition) is 2. The van der Waals surface area contributed by atoms with E-state index in [1.54, 1.807) is 0 Å². The Labute approximate surface area is 195 Å². The molecule has 0 saturated heterocycles. The fourth-order valence-corrected chi connectivity index (χ4v) is 3.68. The molecule has 0 aromatic carbocycles. The van der Waals surface area contributed by atoms with Crippen molar-refractivity contribution in [1.29, 1.82) is 0 Å². The SMILES string of the molecule is CC(O)C(=O)O.CCCCCCCCCCCCCCCCCCCCCCN(C)C. The second-order valence-electron chi connectivity index (χ2n) is 9.54. The molecule has 4 nitrogen and oxygen atoms in total. The van der Waals surface area contributed by atoms with Crippen molar-refractivity contribution in [3.8, 4) is 0 Å². The predicted octanol–water partition coefficient (Wildman–Crippen LogP) is 7.82. The summed E-state index contributed by atoms with van der Waals surface area (Å²) in [6.07, 6.45) is 28.1. The van der Waals surface area contributed by atoms with Gasteiger partial charge < -0.3 is 15.1 Å². The molecule has 31 heavy (non-hydrogen) atoms. The van der Waals surface area contributed by atoms with Crippen LogP contribution in [0, 0.1) is 0 Å². The van der Waals surface area contributed by atoms with Crippen molar-refractivity contribution in [2.24, 2.45) is 0 Å². The fraction of sp³-hybridized carbons (Fsp3) is 0.963. The number of carbonyl (C=O) groups is 1. The van der Waals surface area contributed by atoms with Gasteiger partial charge in [-0.25, -0.2) is 4.79 Å². The van der Waals surface area contributed by atoms with E-state index >= 15 is 0 Å². The van der Waals surface area contributed by atoms with Gasteiger partial charge in [0, 0.05) is 0 Å². The zero-order valence-electron chi connectivity index (χ0n) is 21.7. The van der Waals surface area contributed by atoms with E-state index in [2.05, 4.69) is 25.9 Å². The molecule has 0 aliphatic heterocycles. The lowest BCUT2D eigenvalue weighted by Gasteiger charge is -2.08. The molecule has 0 bridgehead atoms. The number of aliphatic carboxylic acids is 1. The second kappa shape index (κ2) is 27.4. The molecule has 0 rings (SSSR count). The first-order chi connectivity index (χ1) is 14.9. The van der Waals surface area contributed by atoms with Crippen LogP contribution in [0.5, 0.6) is 0 Å². The summed E-state index contributed by atoms with van der Waals surface area (Å²) in [4.78, 5) is 11.7. The van der Waals surface area contributed by atoms with Gasteiger partial charge in [-0.15, -0.1) is 0 Å². The lowest BCUT2D eigenvalue weighted by Crippen LogP contribution is -2.13. The molecule has 0 spiro atoms. The van der Waals surface area contributed by atoms with Crippen LogP contribution in [-0.4, -0.2) is 47.8 Å². The van der Waals surface area contributed by atoms with Crippen LogP contribution in [0.15, 0.2) is 0 Å². The highest BCUT2D eigenvalue weighted by molar-refractivity contribution is 5.71. The minimum absolute atomic E-state index is 1.19. The van der Waals surface area contributed by atoms with Gasteiger partial charge in [0.15, 0.2) is 0 Å². The minimum atomic E-state index is -1.23. The Morgan fingerprint density at radius 3 is 1.03 bits per heavy atom. The van der Waals surface area contributed by atoms with Crippen molar-refractivity contribution in [3.63, 3.8) is 0 Å². The number of carboxylic acid groups (broad SMARTS) is 1. The van der Waals surface area contributed by atoms with Gasteiger partial charge in [0.1, 0.15) is 6.10 Å². The molecule has 1 unspecified atom stereocenters. The summed E-state index contributed by atoms with van der Waals surface area (Å²) in [7, 11) is 4.35. The van der Waals surface area contributed by atoms with Gasteiger partial charge in [0.2, 0.25) is 0 Å². The topological polar surface area (TPSA) is 60.8 Å². The van der Waals surface area contributed by atoms with Crippen molar-refractivity contribution in [1.82, 2.24) is 4.90 Å². The van der Waals surface area contributed by atoms with Crippen molar-refractivity contribution >= 4 is 5.97 Å². The first-order valence-corrected chi connectivity index (χ1v) is 13.5. The molecule has 0 saturated carbocycles. The third-order valence-electron chi connectivity index (χ3n) is 5.82. The average molecular weight is 444 g/mol.